The molecule has 1 aromatic carbocycles. The largest absolute Gasteiger partial charge is 0.370 e. The second-order valence-electron chi connectivity index (χ2n) is 16.2. The molecule has 12 nitrogen and oxygen atoms in total. The molecule has 2 N–H and O–H groups in total. The van der Waals surface area contributed by atoms with Crippen molar-refractivity contribution in [2.45, 2.75) is 101 Å². The lowest BCUT2D eigenvalue weighted by Crippen LogP contribution is -2.50. The van der Waals surface area contributed by atoms with E-state index in [1.807, 2.05) is 42.6 Å². The first kappa shape index (κ1) is 37.0. The predicted octanol–water partition coefficient (Wildman–Crippen LogP) is 6.31. The van der Waals surface area contributed by atoms with Crippen molar-refractivity contribution in [3.8, 4) is 0 Å². The lowest BCUT2D eigenvalue weighted by molar-refractivity contribution is -0.134. The van der Waals surface area contributed by atoms with E-state index >= 15 is 4.39 Å². The van der Waals surface area contributed by atoms with Crippen molar-refractivity contribution in [2.24, 2.45) is 0 Å². The summed E-state index contributed by atoms with van der Waals surface area (Å²) in [5, 5.41) is 6.56. The number of amides is 3. The highest BCUT2D eigenvalue weighted by Crippen LogP contribution is 2.36. The molecule has 0 bridgehead atoms. The lowest BCUT2D eigenvalue weighted by Gasteiger charge is -2.44. The number of rotatable bonds is 10. The Kier molecular flexibility index (Phi) is 10.6. The number of aryl methyl sites for hydroxylation is 1. The van der Waals surface area contributed by atoms with Gasteiger partial charge in [0, 0.05) is 70.4 Å². The van der Waals surface area contributed by atoms with E-state index in [0.717, 1.165) is 92.6 Å². The summed E-state index contributed by atoms with van der Waals surface area (Å²) in [5.41, 5.74) is 3.34. The minimum Gasteiger partial charge on any atom is -0.370 e. The minimum absolute atomic E-state index is 0.0281. The highest BCUT2D eigenvalue weighted by Gasteiger charge is 2.37. The van der Waals surface area contributed by atoms with Crippen LogP contribution >= 0.6 is 0 Å². The number of carbonyl (C=O) groups excluding carboxylic acids is 3. The van der Waals surface area contributed by atoms with Crippen LogP contribution in [-0.2, 0) is 16.0 Å². The molecule has 13 heteroatoms. The fraction of sp³-hybridized carbons (Fsp3) is 0.524. The molecule has 6 heterocycles. The Labute approximate surface area is 321 Å². The third kappa shape index (κ3) is 8.08. The van der Waals surface area contributed by atoms with Gasteiger partial charge in [0.1, 0.15) is 22.8 Å². The number of fused-ring (bicyclic) bond motifs is 1. The topological polar surface area (TPSA) is 129 Å². The third-order valence-electron chi connectivity index (χ3n) is 12.4. The highest BCUT2D eigenvalue weighted by atomic mass is 19.1. The molecule has 4 fully saturated rings. The van der Waals surface area contributed by atoms with Gasteiger partial charge < -0.3 is 24.6 Å². The van der Waals surface area contributed by atoms with Gasteiger partial charge in [-0.15, -0.1) is 0 Å². The summed E-state index contributed by atoms with van der Waals surface area (Å²) in [7, 11) is 3.56. The van der Waals surface area contributed by atoms with Gasteiger partial charge in [0.15, 0.2) is 0 Å². The van der Waals surface area contributed by atoms with E-state index in [0.29, 0.717) is 62.0 Å². The molecule has 1 unspecified atom stereocenters. The van der Waals surface area contributed by atoms with Crippen molar-refractivity contribution < 1.29 is 18.8 Å². The highest BCUT2D eigenvalue weighted by molar-refractivity contribution is 6.01. The molecule has 1 aliphatic carbocycles. The number of aromatic nitrogens is 4. The second kappa shape index (κ2) is 15.7. The number of nitrogens with zero attached hydrogens (tertiary/aromatic N) is 7. The molecule has 8 rings (SSSR count). The SMILES string of the molecule is CN(C)C(=O)c1cc2cnc(Nc3ccc(N4CCC(N5CCC(F)(CCc6ccc(C7CCC(=O)NC7=O)cc6)CC5)CC4)cn3)nc2n1C1CCCC1. The molecule has 4 aromatic rings. The minimum atomic E-state index is -1.16. The molecule has 1 atom stereocenters. The first-order valence-electron chi connectivity index (χ1n) is 20.1. The van der Waals surface area contributed by atoms with Crippen LogP contribution in [0, 0.1) is 0 Å². The number of anilines is 3. The van der Waals surface area contributed by atoms with Gasteiger partial charge >= 0.3 is 0 Å². The molecule has 1 saturated carbocycles. The fourth-order valence-electron chi connectivity index (χ4n) is 9.08. The number of hydrogen-bond donors (Lipinski definition) is 2. The van der Waals surface area contributed by atoms with Crippen molar-refractivity contribution in [2.75, 3.05) is 50.5 Å². The van der Waals surface area contributed by atoms with Gasteiger partial charge in [-0.05, 0) is 87.1 Å². The Hall–Kier alpha value is -4.91. The summed E-state index contributed by atoms with van der Waals surface area (Å²) in [5.74, 6) is 0.350. The Morgan fingerprint density at radius 3 is 2.35 bits per heavy atom. The van der Waals surface area contributed by atoms with Crippen LogP contribution in [0.4, 0.5) is 21.8 Å². The van der Waals surface area contributed by atoms with Gasteiger partial charge in [-0.1, -0.05) is 37.1 Å². The number of alkyl halides is 1. The molecule has 3 aliphatic heterocycles. The number of benzene rings is 1. The maximum Gasteiger partial charge on any atom is 0.270 e. The third-order valence-corrected chi connectivity index (χ3v) is 12.4. The van der Waals surface area contributed by atoms with Gasteiger partial charge in [-0.2, -0.15) is 4.98 Å². The summed E-state index contributed by atoms with van der Waals surface area (Å²) >= 11 is 0. The van der Waals surface area contributed by atoms with E-state index in [2.05, 4.69) is 36.1 Å². The summed E-state index contributed by atoms with van der Waals surface area (Å²) in [6, 6.07) is 14.6. The number of likely N-dealkylation sites (tertiary alicyclic amines) is 1. The van der Waals surface area contributed by atoms with Crippen molar-refractivity contribution in [3.05, 3.63) is 71.7 Å². The van der Waals surface area contributed by atoms with Crippen molar-refractivity contribution >= 4 is 46.2 Å². The van der Waals surface area contributed by atoms with Crippen molar-refractivity contribution in [3.63, 3.8) is 0 Å². The molecular weight excluding hydrogens is 698 g/mol. The average molecular weight is 750 g/mol. The van der Waals surface area contributed by atoms with Gasteiger partial charge in [0.25, 0.3) is 5.91 Å². The fourth-order valence-corrected chi connectivity index (χ4v) is 9.08. The smallest absolute Gasteiger partial charge is 0.270 e. The van der Waals surface area contributed by atoms with Crippen molar-refractivity contribution in [1.82, 2.24) is 34.6 Å². The molecule has 4 aliphatic rings. The molecule has 3 aromatic heterocycles. The monoisotopic (exact) mass is 749 g/mol. The van der Waals surface area contributed by atoms with Gasteiger partial charge in [-0.3, -0.25) is 19.7 Å². The number of halogens is 1. The first-order valence-corrected chi connectivity index (χ1v) is 20.1. The van der Waals surface area contributed by atoms with Crippen LogP contribution in [0.15, 0.2) is 54.9 Å². The molecule has 0 radical (unpaired) electrons. The number of carbonyl (C=O) groups is 3. The van der Waals surface area contributed by atoms with Crippen LogP contribution in [-0.4, -0.2) is 99.0 Å². The van der Waals surface area contributed by atoms with E-state index < -0.39 is 5.67 Å². The molecule has 3 saturated heterocycles. The van der Waals surface area contributed by atoms with Crippen LogP contribution in [0.2, 0.25) is 0 Å². The molecule has 3 amide bonds. The van der Waals surface area contributed by atoms with Crippen LogP contribution in [0.5, 0.6) is 0 Å². The van der Waals surface area contributed by atoms with Crippen LogP contribution < -0.4 is 15.5 Å². The Morgan fingerprint density at radius 2 is 1.67 bits per heavy atom. The molecule has 55 heavy (non-hydrogen) atoms. The maximum absolute atomic E-state index is 16.0. The number of piperidine rings is 3. The van der Waals surface area contributed by atoms with Crippen molar-refractivity contribution in [1.29, 1.82) is 0 Å². The Morgan fingerprint density at radius 1 is 0.927 bits per heavy atom. The zero-order valence-corrected chi connectivity index (χ0v) is 32.0. The van der Waals surface area contributed by atoms with E-state index in [-0.39, 0.29) is 29.7 Å². The second-order valence-corrected chi connectivity index (χ2v) is 16.2. The van der Waals surface area contributed by atoms with E-state index in [1.165, 1.54) is 0 Å². The quantitative estimate of drug-likeness (QED) is 0.179. The molecule has 0 spiro atoms. The summed E-state index contributed by atoms with van der Waals surface area (Å²) < 4.78 is 18.1. The summed E-state index contributed by atoms with van der Waals surface area (Å²) in [6.07, 6.45) is 13.3. The van der Waals surface area contributed by atoms with Gasteiger partial charge in [0.05, 0.1) is 17.8 Å². The Balaban J connectivity index is 0.810. The number of hydrogen-bond acceptors (Lipinski definition) is 9. The Bertz CT molecular complexity index is 2010. The molecular formula is C42H52FN9O3. The van der Waals surface area contributed by atoms with Gasteiger partial charge in [-0.25, -0.2) is 14.4 Å². The number of pyridine rings is 1. The van der Waals surface area contributed by atoms with Crippen LogP contribution in [0.1, 0.15) is 104 Å². The number of imide groups is 1. The maximum atomic E-state index is 16.0. The number of nitrogens with one attached hydrogen (secondary N) is 2. The lowest BCUT2D eigenvalue weighted by atomic mass is 9.85. The molecule has 290 valence electrons. The normalized spacial score (nSPS) is 21.2. The summed E-state index contributed by atoms with van der Waals surface area (Å²) in [6.45, 7) is 3.42. The van der Waals surface area contributed by atoms with E-state index in [4.69, 9.17) is 9.97 Å². The average Bonchev–Trinajstić information content (AvgIpc) is 3.86. The first-order chi connectivity index (χ1) is 26.6. The van der Waals surface area contributed by atoms with Crippen LogP contribution in [0.3, 0.4) is 0 Å². The zero-order valence-electron chi connectivity index (χ0n) is 32.0. The van der Waals surface area contributed by atoms with E-state index in [9.17, 15) is 14.4 Å². The predicted molar refractivity (Wildman–Crippen MR) is 210 cm³/mol. The van der Waals surface area contributed by atoms with E-state index in [1.54, 1.807) is 25.2 Å². The van der Waals surface area contributed by atoms with Gasteiger partial charge in [0.2, 0.25) is 17.8 Å². The zero-order chi connectivity index (χ0) is 38.1. The standard InChI is InChI=1S/C42H52FN9O3/c1-49(2)40(55)35-25-30-26-45-41(48-38(30)52(35)32-5-3-4-6-32)46-36-13-11-33(27-44-36)50-21-16-31(17-22-50)51-23-19-42(43,20-24-51)18-15-28-7-9-29(10-8-28)34-12-14-37(53)47-39(34)54/h7-11,13,25-27,31-32,34H,3-6,12,14-24H2,1-2H3,(H,47,53,54)(H,44,45,46,48). The summed E-state index contributed by atoms with van der Waals surface area (Å²) in [4.78, 5) is 57.4. The van der Waals surface area contributed by atoms with Crippen LogP contribution in [0.25, 0.3) is 11.0 Å².